The number of hydrogen-bond acceptors (Lipinski definition) is 6. The number of carbonyl (C=O) groups excluding carboxylic acids is 2. The molecule has 2 N–H and O–H groups in total. The van der Waals surface area contributed by atoms with Crippen LogP contribution >= 0.6 is 22.9 Å². The highest BCUT2D eigenvalue weighted by molar-refractivity contribution is 7.94. The van der Waals surface area contributed by atoms with Gasteiger partial charge in [-0.1, -0.05) is 29.8 Å². The summed E-state index contributed by atoms with van der Waals surface area (Å²) in [6.07, 6.45) is -1.24. The van der Waals surface area contributed by atoms with Crippen LogP contribution in [0.3, 0.4) is 0 Å². The van der Waals surface area contributed by atoms with Crippen molar-refractivity contribution < 1.29 is 27.1 Å². The lowest BCUT2D eigenvalue weighted by Crippen LogP contribution is -2.30. The van der Waals surface area contributed by atoms with E-state index in [9.17, 15) is 22.4 Å². The molecule has 11 heteroatoms. The Morgan fingerprint density at radius 3 is 2.52 bits per heavy atom. The van der Waals surface area contributed by atoms with E-state index in [4.69, 9.17) is 16.3 Å². The molecule has 3 aromatic rings. The average Bonchev–Trinajstić information content (AvgIpc) is 3.26. The average molecular weight is 483 g/mol. The molecule has 0 radical (unpaired) electrons. The summed E-state index contributed by atoms with van der Waals surface area (Å²) in [5.74, 6) is -2.17. The fourth-order valence-corrected chi connectivity index (χ4v) is 4.75. The summed E-state index contributed by atoms with van der Waals surface area (Å²) in [5, 5.41) is 4.04. The zero-order valence-corrected chi connectivity index (χ0v) is 18.4. The first kappa shape index (κ1) is 22.7. The summed E-state index contributed by atoms with van der Waals surface area (Å²) in [7, 11) is -3.88. The largest absolute Gasteiger partial charge is 0.449 e. The number of esters is 1. The highest BCUT2D eigenvalue weighted by Gasteiger charge is 2.24. The summed E-state index contributed by atoms with van der Waals surface area (Å²) in [5.41, 5.74) is 0.0947. The molecule has 7 nitrogen and oxygen atoms in total. The fourth-order valence-electron chi connectivity index (χ4n) is 2.46. The van der Waals surface area contributed by atoms with Gasteiger partial charge in [-0.05, 0) is 48.7 Å². The SMILES string of the molecule is CC(OC(=O)c1ccccc1NS(=O)(=O)c1cccs1)C(=O)Nc1ccc(F)cc1Cl. The first-order valence-electron chi connectivity index (χ1n) is 8.79. The van der Waals surface area contributed by atoms with E-state index in [-0.39, 0.29) is 26.2 Å². The number of amides is 1. The minimum Gasteiger partial charge on any atom is -0.449 e. The van der Waals surface area contributed by atoms with Crippen LogP contribution in [0.15, 0.2) is 64.2 Å². The van der Waals surface area contributed by atoms with Crippen LogP contribution in [0.25, 0.3) is 0 Å². The van der Waals surface area contributed by atoms with Gasteiger partial charge in [0.2, 0.25) is 0 Å². The molecule has 162 valence electrons. The maximum absolute atomic E-state index is 13.1. The van der Waals surface area contributed by atoms with E-state index in [1.807, 2.05) is 0 Å². The molecular formula is C20H16ClFN2O5S2. The van der Waals surface area contributed by atoms with Crippen LogP contribution in [-0.4, -0.2) is 26.4 Å². The van der Waals surface area contributed by atoms with Crippen LogP contribution in [0.4, 0.5) is 15.8 Å². The predicted molar refractivity (Wildman–Crippen MR) is 116 cm³/mol. The van der Waals surface area contributed by atoms with Gasteiger partial charge in [0, 0.05) is 0 Å². The Bertz CT molecular complexity index is 1220. The molecule has 31 heavy (non-hydrogen) atoms. The molecule has 0 saturated heterocycles. The van der Waals surface area contributed by atoms with Crippen molar-refractivity contribution >= 4 is 56.2 Å². The number of rotatable bonds is 7. The van der Waals surface area contributed by atoms with Crippen LogP contribution in [0, 0.1) is 5.82 Å². The number of para-hydroxylation sites is 1. The molecule has 1 aromatic heterocycles. The second-order valence-electron chi connectivity index (χ2n) is 6.24. The number of halogens is 2. The van der Waals surface area contributed by atoms with Crippen molar-refractivity contribution in [2.24, 2.45) is 0 Å². The number of hydrogen-bond donors (Lipinski definition) is 2. The summed E-state index contributed by atoms with van der Waals surface area (Å²) in [6, 6.07) is 12.3. The fraction of sp³-hybridized carbons (Fsp3) is 0.100. The molecule has 0 aliphatic heterocycles. The number of nitrogens with one attached hydrogen (secondary N) is 2. The number of benzene rings is 2. The zero-order chi connectivity index (χ0) is 22.6. The molecular weight excluding hydrogens is 467 g/mol. The quantitative estimate of drug-likeness (QED) is 0.482. The van der Waals surface area contributed by atoms with Crippen LogP contribution < -0.4 is 10.0 Å². The minimum absolute atomic E-state index is 0.00934. The lowest BCUT2D eigenvalue weighted by molar-refractivity contribution is -0.123. The van der Waals surface area contributed by atoms with Crippen molar-refractivity contribution in [3.05, 3.63) is 76.4 Å². The smallest absolute Gasteiger partial charge is 0.341 e. The molecule has 0 saturated carbocycles. The summed E-state index contributed by atoms with van der Waals surface area (Å²) >= 11 is 6.90. The van der Waals surface area contributed by atoms with Crippen LogP contribution in [0.2, 0.25) is 5.02 Å². The van der Waals surface area contributed by atoms with Gasteiger partial charge in [0.15, 0.2) is 6.10 Å². The Hall–Kier alpha value is -2.95. The Labute approximate surface area is 186 Å². The Balaban J connectivity index is 1.72. The third-order valence-corrected chi connectivity index (χ3v) is 7.07. The van der Waals surface area contributed by atoms with Crippen LogP contribution in [0.5, 0.6) is 0 Å². The van der Waals surface area contributed by atoms with Crippen LogP contribution in [0.1, 0.15) is 17.3 Å². The second kappa shape index (κ2) is 9.46. The van der Waals surface area contributed by atoms with E-state index in [1.54, 1.807) is 17.5 Å². The van der Waals surface area contributed by atoms with Crippen molar-refractivity contribution in [1.29, 1.82) is 0 Å². The molecule has 0 fully saturated rings. The molecule has 0 spiro atoms. The molecule has 0 bridgehead atoms. The number of sulfonamides is 1. The standard InChI is InChI=1S/C20H16ClFN2O5S2/c1-12(19(25)23-17-9-8-13(22)11-15(17)21)29-20(26)14-5-2-3-6-16(14)24-31(27,28)18-7-4-10-30-18/h2-12,24H,1H3,(H,23,25). The Morgan fingerprint density at radius 2 is 1.84 bits per heavy atom. The molecule has 0 aliphatic rings. The van der Waals surface area contributed by atoms with Crippen molar-refractivity contribution in [2.45, 2.75) is 17.2 Å². The lowest BCUT2D eigenvalue weighted by Gasteiger charge is -2.16. The molecule has 1 heterocycles. The van der Waals surface area contributed by atoms with E-state index in [0.717, 1.165) is 23.5 Å². The van der Waals surface area contributed by atoms with Gasteiger partial charge in [-0.25, -0.2) is 17.6 Å². The van der Waals surface area contributed by atoms with Gasteiger partial charge < -0.3 is 10.1 Å². The third-order valence-electron chi connectivity index (χ3n) is 3.99. The molecule has 1 unspecified atom stereocenters. The third kappa shape index (κ3) is 5.60. The van der Waals surface area contributed by atoms with Gasteiger partial charge in [0.25, 0.3) is 15.9 Å². The number of ether oxygens (including phenoxy) is 1. The van der Waals surface area contributed by atoms with Crippen molar-refractivity contribution in [1.82, 2.24) is 0 Å². The zero-order valence-electron chi connectivity index (χ0n) is 16.0. The highest BCUT2D eigenvalue weighted by atomic mass is 35.5. The predicted octanol–water partition coefficient (Wildman–Crippen LogP) is 4.53. The molecule has 2 aromatic carbocycles. The monoisotopic (exact) mass is 482 g/mol. The summed E-state index contributed by atoms with van der Waals surface area (Å²) in [6.45, 7) is 1.34. The van der Waals surface area contributed by atoms with Crippen LogP contribution in [-0.2, 0) is 19.6 Å². The number of thiophene rings is 1. The van der Waals surface area contributed by atoms with E-state index in [1.165, 1.54) is 37.3 Å². The normalized spacial score (nSPS) is 12.1. The van der Waals surface area contributed by atoms with Gasteiger partial charge in [0.1, 0.15) is 10.0 Å². The first-order chi connectivity index (χ1) is 14.7. The topological polar surface area (TPSA) is 102 Å². The number of anilines is 2. The Morgan fingerprint density at radius 1 is 1.10 bits per heavy atom. The van der Waals surface area contributed by atoms with E-state index >= 15 is 0 Å². The number of carbonyl (C=O) groups is 2. The summed E-state index contributed by atoms with van der Waals surface area (Å²) < 4.78 is 45.7. The molecule has 3 rings (SSSR count). The highest BCUT2D eigenvalue weighted by Crippen LogP contribution is 2.25. The molecule has 0 aliphatic carbocycles. The van der Waals surface area contributed by atoms with E-state index < -0.39 is 33.8 Å². The second-order valence-corrected chi connectivity index (χ2v) is 9.51. The van der Waals surface area contributed by atoms with Gasteiger partial charge in [-0.15, -0.1) is 11.3 Å². The molecule has 1 amide bonds. The van der Waals surface area contributed by atoms with Gasteiger partial charge >= 0.3 is 5.97 Å². The van der Waals surface area contributed by atoms with Gasteiger partial charge in [-0.3, -0.25) is 9.52 Å². The summed E-state index contributed by atoms with van der Waals surface area (Å²) in [4.78, 5) is 24.9. The molecule has 1 atom stereocenters. The van der Waals surface area contributed by atoms with Crippen molar-refractivity contribution in [3.8, 4) is 0 Å². The minimum atomic E-state index is -3.88. The van der Waals surface area contributed by atoms with Crippen molar-refractivity contribution in [3.63, 3.8) is 0 Å². The lowest BCUT2D eigenvalue weighted by atomic mass is 10.2. The van der Waals surface area contributed by atoms with E-state index in [0.29, 0.717) is 0 Å². The van der Waals surface area contributed by atoms with Gasteiger partial charge in [0.05, 0.1) is 22.0 Å². The van der Waals surface area contributed by atoms with Crippen molar-refractivity contribution in [2.75, 3.05) is 10.0 Å². The maximum Gasteiger partial charge on any atom is 0.341 e. The first-order valence-corrected chi connectivity index (χ1v) is 11.5. The van der Waals surface area contributed by atoms with Gasteiger partial charge in [-0.2, -0.15) is 0 Å². The Kier molecular flexibility index (Phi) is 6.94. The maximum atomic E-state index is 13.1. The van der Waals surface area contributed by atoms with E-state index in [2.05, 4.69) is 10.0 Å².